The van der Waals surface area contributed by atoms with Crippen LogP contribution in [-0.2, 0) is 18.1 Å². The van der Waals surface area contributed by atoms with Gasteiger partial charge in [-0.1, -0.05) is 65.3 Å². The van der Waals surface area contributed by atoms with E-state index in [0.717, 1.165) is 16.7 Å². The zero-order valence-corrected chi connectivity index (χ0v) is 15.3. The molecule has 0 N–H and O–H groups in total. The third kappa shape index (κ3) is 5.10. The molecular weight excluding hydrogens is 360 g/mol. The van der Waals surface area contributed by atoms with E-state index in [1.807, 2.05) is 66.7 Å². The van der Waals surface area contributed by atoms with Crippen LogP contribution in [0.4, 0.5) is 0 Å². The summed E-state index contributed by atoms with van der Waals surface area (Å²) in [4.78, 5) is 5.34. The highest BCUT2D eigenvalue weighted by Gasteiger charge is 2.04. The summed E-state index contributed by atoms with van der Waals surface area (Å²) < 4.78 is 5.88. The van der Waals surface area contributed by atoms with Crippen molar-refractivity contribution in [1.29, 1.82) is 5.26 Å². The molecule has 27 heavy (non-hydrogen) atoms. The summed E-state index contributed by atoms with van der Waals surface area (Å²) in [7, 11) is 0. The molecule has 0 fully saturated rings. The lowest BCUT2D eigenvalue weighted by molar-refractivity contribution is 0.132. The first-order valence-corrected chi connectivity index (χ1v) is 8.74. The van der Waals surface area contributed by atoms with Gasteiger partial charge in [-0.2, -0.15) is 5.26 Å². The van der Waals surface area contributed by atoms with Gasteiger partial charge in [-0.25, -0.2) is 0 Å². The normalized spacial score (nSPS) is 10.5. The van der Waals surface area contributed by atoms with Crippen LogP contribution < -0.4 is 4.74 Å². The van der Waals surface area contributed by atoms with Gasteiger partial charge in [0.05, 0.1) is 17.8 Å². The first-order chi connectivity index (χ1) is 13.3. The molecule has 3 rings (SSSR count). The molecule has 0 aliphatic rings. The van der Waals surface area contributed by atoms with E-state index in [1.54, 1.807) is 12.3 Å². The average molecular weight is 377 g/mol. The van der Waals surface area contributed by atoms with Gasteiger partial charge in [-0.05, 0) is 24.3 Å². The number of para-hydroxylation sites is 1. The zero-order chi connectivity index (χ0) is 18.9. The van der Waals surface area contributed by atoms with Crippen molar-refractivity contribution in [1.82, 2.24) is 0 Å². The van der Waals surface area contributed by atoms with Gasteiger partial charge in [-0.15, -0.1) is 0 Å². The monoisotopic (exact) mass is 376 g/mol. The Kier molecular flexibility index (Phi) is 6.45. The Morgan fingerprint density at radius 3 is 2.41 bits per heavy atom. The molecule has 0 spiro atoms. The molecule has 0 saturated heterocycles. The molecule has 0 unspecified atom stereocenters. The number of benzene rings is 3. The molecule has 0 heterocycles. The molecule has 0 saturated carbocycles. The summed E-state index contributed by atoms with van der Waals surface area (Å²) >= 11 is 6.17. The summed E-state index contributed by atoms with van der Waals surface area (Å²) in [6.45, 7) is 0.587. The Morgan fingerprint density at radius 2 is 1.59 bits per heavy atom. The van der Waals surface area contributed by atoms with Crippen molar-refractivity contribution < 1.29 is 9.57 Å². The van der Waals surface area contributed by atoms with Crippen molar-refractivity contribution >= 4 is 17.8 Å². The smallest absolute Gasteiger partial charge is 0.143 e. The molecule has 134 valence electrons. The number of rotatable bonds is 7. The summed E-state index contributed by atoms with van der Waals surface area (Å²) in [5, 5.41) is 13.8. The molecule has 3 aromatic rings. The number of nitriles is 1. The minimum atomic E-state index is 0.225. The molecule has 0 aliphatic heterocycles. The van der Waals surface area contributed by atoms with E-state index in [1.165, 1.54) is 0 Å². The van der Waals surface area contributed by atoms with E-state index in [2.05, 4.69) is 11.2 Å². The van der Waals surface area contributed by atoms with Crippen LogP contribution in [-0.4, -0.2) is 6.21 Å². The fourth-order valence-corrected chi connectivity index (χ4v) is 2.64. The van der Waals surface area contributed by atoms with Crippen molar-refractivity contribution in [3.8, 4) is 11.8 Å². The maximum Gasteiger partial charge on any atom is 0.143 e. The fourth-order valence-electron chi connectivity index (χ4n) is 2.45. The van der Waals surface area contributed by atoms with Crippen molar-refractivity contribution in [3.63, 3.8) is 0 Å². The van der Waals surface area contributed by atoms with Gasteiger partial charge in [0.25, 0.3) is 0 Å². The van der Waals surface area contributed by atoms with E-state index >= 15 is 0 Å². The van der Waals surface area contributed by atoms with Gasteiger partial charge in [0, 0.05) is 21.7 Å². The van der Waals surface area contributed by atoms with Crippen LogP contribution in [0.5, 0.6) is 5.75 Å². The topological polar surface area (TPSA) is 54.6 Å². The van der Waals surface area contributed by atoms with Crippen LogP contribution in [0.3, 0.4) is 0 Å². The van der Waals surface area contributed by atoms with E-state index in [-0.39, 0.29) is 6.61 Å². The molecule has 0 amide bonds. The Labute approximate surface area is 163 Å². The zero-order valence-electron chi connectivity index (χ0n) is 14.5. The summed E-state index contributed by atoms with van der Waals surface area (Å²) in [5.74, 6) is 0.683. The van der Waals surface area contributed by atoms with Crippen LogP contribution >= 0.6 is 11.6 Å². The third-order valence-corrected chi connectivity index (χ3v) is 4.25. The number of hydrogen-bond acceptors (Lipinski definition) is 4. The molecule has 0 aromatic heterocycles. The summed E-state index contributed by atoms with van der Waals surface area (Å²) in [6.07, 6.45) is 1.59. The number of oxime groups is 1. The van der Waals surface area contributed by atoms with Gasteiger partial charge >= 0.3 is 0 Å². The first kappa shape index (κ1) is 18.5. The lowest BCUT2D eigenvalue weighted by atomic mass is 10.1. The SMILES string of the molecule is N#Cc1ccccc1CO/N=C\c1ccccc1OCc1ccccc1Cl. The maximum absolute atomic E-state index is 9.09. The van der Waals surface area contributed by atoms with Gasteiger partial charge in [0.1, 0.15) is 19.0 Å². The lowest BCUT2D eigenvalue weighted by Gasteiger charge is -2.10. The van der Waals surface area contributed by atoms with Gasteiger partial charge in [0.15, 0.2) is 0 Å². The molecule has 3 aromatic carbocycles. The predicted octanol–water partition coefficient (Wildman–Crippen LogP) is 5.34. The minimum Gasteiger partial charge on any atom is -0.488 e. The molecule has 4 nitrogen and oxygen atoms in total. The predicted molar refractivity (Wildman–Crippen MR) is 106 cm³/mol. The Bertz CT molecular complexity index is 980. The van der Waals surface area contributed by atoms with Crippen molar-refractivity contribution in [2.24, 2.45) is 5.16 Å². The second-order valence-corrected chi connectivity index (χ2v) is 6.10. The molecule has 0 aliphatic carbocycles. The van der Waals surface area contributed by atoms with E-state index < -0.39 is 0 Å². The Morgan fingerprint density at radius 1 is 0.889 bits per heavy atom. The number of hydrogen-bond donors (Lipinski definition) is 0. The van der Waals surface area contributed by atoms with Crippen molar-refractivity contribution in [2.75, 3.05) is 0 Å². The van der Waals surface area contributed by atoms with Gasteiger partial charge < -0.3 is 9.57 Å². The summed E-state index contributed by atoms with van der Waals surface area (Å²) in [5.41, 5.74) is 3.07. The lowest BCUT2D eigenvalue weighted by Crippen LogP contribution is -1.99. The molecular formula is C22H17ClN2O2. The van der Waals surface area contributed by atoms with Crippen LogP contribution in [0, 0.1) is 11.3 Å². The highest BCUT2D eigenvalue weighted by molar-refractivity contribution is 6.31. The van der Waals surface area contributed by atoms with Crippen LogP contribution in [0.15, 0.2) is 78.0 Å². The molecule has 0 bridgehead atoms. The quantitative estimate of drug-likeness (QED) is 0.413. The Hall–Kier alpha value is -3.29. The fraction of sp³-hybridized carbons (Fsp3) is 0.0909. The van der Waals surface area contributed by atoms with Crippen molar-refractivity contribution in [3.05, 3.63) is 100 Å². The Balaban J connectivity index is 1.63. The average Bonchev–Trinajstić information content (AvgIpc) is 2.71. The molecule has 0 radical (unpaired) electrons. The van der Waals surface area contributed by atoms with E-state index in [0.29, 0.717) is 22.9 Å². The summed E-state index contributed by atoms with van der Waals surface area (Å²) in [6, 6.07) is 24.5. The van der Waals surface area contributed by atoms with Gasteiger partial charge in [0.2, 0.25) is 0 Å². The van der Waals surface area contributed by atoms with Crippen LogP contribution in [0.25, 0.3) is 0 Å². The van der Waals surface area contributed by atoms with Crippen LogP contribution in [0.2, 0.25) is 5.02 Å². The van der Waals surface area contributed by atoms with Gasteiger partial charge in [-0.3, -0.25) is 0 Å². The number of halogens is 1. The first-order valence-electron chi connectivity index (χ1n) is 8.36. The number of nitrogens with zero attached hydrogens (tertiary/aromatic N) is 2. The molecule has 0 atom stereocenters. The van der Waals surface area contributed by atoms with Crippen LogP contribution in [0.1, 0.15) is 22.3 Å². The standard InChI is InChI=1S/C22H17ClN2O2/c23-21-11-5-3-10-20(21)15-26-22-12-6-4-8-18(22)14-25-27-16-19-9-2-1-7-17(19)13-24/h1-12,14H,15-16H2/b25-14-. The maximum atomic E-state index is 9.09. The molecule has 5 heteroatoms. The van der Waals surface area contributed by atoms with Crippen molar-refractivity contribution in [2.45, 2.75) is 13.2 Å². The largest absolute Gasteiger partial charge is 0.488 e. The highest BCUT2D eigenvalue weighted by atomic mass is 35.5. The second kappa shape index (κ2) is 9.42. The highest BCUT2D eigenvalue weighted by Crippen LogP contribution is 2.21. The van der Waals surface area contributed by atoms with E-state index in [9.17, 15) is 0 Å². The third-order valence-electron chi connectivity index (χ3n) is 3.88. The number of ether oxygens (including phenoxy) is 1. The minimum absolute atomic E-state index is 0.225. The van der Waals surface area contributed by atoms with E-state index in [4.69, 9.17) is 26.4 Å². The second-order valence-electron chi connectivity index (χ2n) is 5.69.